The zero-order valence-electron chi connectivity index (χ0n) is 12.3. The van der Waals surface area contributed by atoms with Crippen LogP contribution in [0, 0.1) is 0 Å². The number of methoxy groups -OCH3 is 1. The van der Waals surface area contributed by atoms with E-state index in [0.717, 1.165) is 12.0 Å². The summed E-state index contributed by atoms with van der Waals surface area (Å²) in [6.07, 6.45) is 3.21. The third kappa shape index (κ3) is 5.16. The minimum atomic E-state index is -0.464. The number of allylic oxidation sites excluding steroid dienone is 1. The molecule has 0 heterocycles. The molecule has 0 bridgehead atoms. The second-order valence-electron chi connectivity index (χ2n) is 5.03. The van der Waals surface area contributed by atoms with Gasteiger partial charge in [-0.2, -0.15) is 0 Å². The lowest BCUT2D eigenvalue weighted by Crippen LogP contribution is -2.13. The van der Waals surface area contributed by atoms with Gasteiger partial charge in [-0.25, -0.2) is 4.39 Å². The largest absolute Gasteiger partial charge is 0.374 e. The summed E-state index contributed by atoms with van der Waals surface area (Å²) in [6.45, 7) is 0. The Morgan fingerprint density at radius 1 is 1.00 bits per heavy atom. The van der Waals surface area contributed by atoms with Gasteiger partial charge in [0.2, 0.25) is 0 Å². The van der Waals surface area contributed by atoms with Gasteiger partial charge in [-0.05, 0) is 36.5 Å². The van der Waals surface area contributed by atoms with Gasteiger partial charge in [0.15, 0.2) is 0 Å². The first-order valence-corrected chi connectivity index (χ1v) is 7.26. The number of benzene rings is 2. The topological polar surface area (TPSA) is 9.23 Å². The molecule has 0 spiro atoms. The maximum absolute atomic E-state index is 14.2. The van der Waals surface area contributed by atoms with Crippen LogP contribution in [0.5, 0.6) is 0 Å². The predicted molar refractivity (Wildman–Crippen MR) is 84.9 cm³/mol. The van der Waals surface area contributed by atoms with E-state index in [2.05, 4.69) is 12.1 Å². The number of ether oxygens (including phenoxy) is 1. The van der Waals surface area contributed by atoms with Crippen LogP contribution in [0.1, 0.15) is 17.5 Å². The van der Waals surface area contributed by atoms with E-state index >= 15 is 0 Å². The van der Waals surface area contributed by atoms with Crippen LogP contribution in [0.4, 0.5) is 4.39 Å². The highest BCUT2D eigenvalue weighted by Crippen LogP contribution is 2.16. The zero-order chi connectivity index (χ0) is 14.9. The minimum Gasteiger partial charge on any atom is -0.374 e. The Kier molecular flexibility index (Phi) is 6.17. The van der Waals surface area contributed by atoms with Crippen LogP contribution in [0.3, 0.4) is 0 Å². The summed E-state index contributed by atoms with van der Waals surface area (Å²) in [4.78, 5) is 0. The van der Waals surface area contributed by atoms with Gasteiger partial charge in [0.25, 0.3) is 0 Å². The lowest BCUT2D eigenvalue weighted by atomic mass is 10.0. The van der Waals surface area contributed by atoms with E-state index in [1.165, 1.54) is 5.56 Å². The summed E-state index contributed by atoms with van der Waals surface area (Å²) in [5.74, 6) is -0.183. The lowest BCUT2D eigenvalue weighted by Gasteiger charge is -2.13. The van der Waals surface area contributed by atoms with Gasteiger partial charge in [-0.3, -0.25) is 0 Å². The Morgan fingerprint density at radius 3 is 2.14 bits per heavy atom. The molecule has 0 amide bonds. The van der Waals surface area contributed by atoms with Gasteiger partial charge in [0.1, 0.15) is 11.9 Å². The number of rotatable bonds is 7. The van der Waals surface area contributed by atoms with E-state index in [1.807, 2.05) is 48.5 Å². The highest BCUT2D eigenvalue weighted by molar-refractivity contribution is 5.19. The molecule has 1 unspecified atom stereocenters. The molecule has 0 aromatic heterocycles. The maximum atomic E-state index is 14.2. The minimum absolute atomic E-state index is 0.183. The molecule has 0 saturated carbocycles. The first-order valence-electron chi connectivity index (χ1n) is 7.26. The quantitative estimate of drug-likeness (QED) is 0.714. The normalized spacial score (nSPS) is 13.1. The van der Waals surface area contributed by atoms with E-state index in [0.29, 0.717) is 12.8 Å². The summed E-state index contributed by atoms with van der Waals surface area (Å²) in [6, 6.07) is 20.0. The van der Waals surface area contributed by atoms with E-state index in [1.54, 1.807) is 13.2 Å². The van der Waals surface area contributed by atoms with Crippen LogP contribution in [-0.4, -0.2) is 13.2 Å². The Bertz CT molecular complexity index is 548. The Labute approximate surface area is 126 Å². The van der Waals surface area contributed by atoms with E-state index in [4.69, 9.17) is 4.74 Å². The van der Waals surface area contributed by atoms with E-state index < -0.39 is 6.10 Å². The van der Waals surface area contributed by atoms with E-state index in [9.17, 15) is 4.39 Å². The fourth-order valence-electron chi connectivity index (χ4n) is 2.27. The van der Waals surface area contributed by atoms with Crippen molar-refractivity contribution in [2.24, 2.45) is 0 Å². The number of aryl methyl sites for hydroxylation is 1. The lowest BCUT2D eigenvalue weighted by molar-refractivity contribution is 0.105. The third-order valence-electron chi connectivity index (χ3n) is 3.51. The van der Waals surface area contributed by atoms with Gasteiger partial charge in [0, 0.05) is 7.11 Å². The smallest absolute Gasteiger partial charge is 0.125 e. The molecule has 0 N–H and O–H groups in total. The standard InChI is InChI=1S/C19H21FO/c1-21-19(15-13-17-10-6-3-7-11-17)18(20)14-12-16-8-4-2-5-9-16/h2-11,14,19H,12-13,15H2,1H3/b18-14-. The van der Waals surface area contributed by atoms with Crippen molar-refractivity contribution < 1.29 is 9.13 Å². The van der Waals surface area contributed by atoms with Crippen LogP contribution in [0.15, 0.2) is 72.6 Å². The first-order chi connectivity index (χ1) is 10.3. The Balaban J connectivity index is 1.90. The summed E-state index contributed by atoms with van der Waals surface area (Å²) >= 11 is 0. The van der Waals surface area contributed by atoms with Crippen molar-refractivity contribution in [1.29, 1.82) is 0 Å². The van der Waals surface area contributed by atoms with Crippen molar-refractivity contribution in [2.75, 3.05) is 7.11 Å². The molecular formula is C19H21FO. The first kappa shape index (κ1) is 15.5. The van der Waals surface area contributed by atoms with Crippen molar-refractivity contribution in [2.45, 2.75) is 25.4 Å². The molecule has 0 aliphatic heterocycles. The summed E-state index contributed by atoms with van der Waals surface area (Å²) in [7, 11) is 1.56. The maximum Gasteiger partial charge on any atom is 0.125 e. The molecule has 0 fully saturated rings. The number of hydrogen-bond donors (Lipinski definition) is 0. The SMILES string of the molecule is COC(CCc1ccccc1)/C(F)=C/Cc1ccccc1. The molecule has 1 atom stereocenters. The third-order valence-corrected chi connectivity index (χ3v) is 3.51. The predicted octanol–water partition coefficient (Wildman–Crippen LogP) is 4.73. The number of halogens is 1. The Morgan fingerprint density at radius 2 is 1.57 bits per heavy atom. The fraction of sp³-hybridized carbons (Fsp3) is 0.263. The average molecular weight is 284 g/mol. The second kappa shape index (κ2) is 8.38. The van der Waals surface area contributed by atoms with Crippen LogP contribution < -0.4 is 0 Å². The van der Waals surface area contributed by atoms with Crippen molar-refractivity contribution in [3.63, 3.8) is 0 Å². The van der Waals surface area contributed by atoms with E-state index in [-0.39, 0.29) is 5.83 Å². The highest BCUT2D eigenvalue weighted by Gasteiger charge is 2.13. The van der Waals surface area contributed by atoms with Gasteiger partial charge in [-0.1, -0.05) is 60.7 Å². The molecule has 2 aromatic carbocycles. The van der Waals surface area contributed by atoms with Crippen molar-refractivity contribution in [3.8, 4) is 0 Å². The van der Waals surface area contributed by atoms with Crippen LogP contribution >= 0.6 is 0 Å². The monoisotopic (exact) mass is 284 g/mol. The van der Waals surface area contributed by atoms with Gasteiger partial charge < -0.3 is 4.74 Å². The number of hydrogen-bond acceptors (Lipinski definition) is 1. The van der Waals surface area contributed by atoms with Crippen LogP contribution in [-0.2, 0) is 17.6 Å². The molecule has 0 radical (unpaired) electrons. The van der Waals surface area contributed by atoms with Crippen molar-refractivity contribution >= 4 is 0 Å². The molecule has 21 heavy (non-hydrogen) atoms. The molecule has 0 saturated heterocycles. The Hall–Kier alpha value is -1.93. The second-order valence-corrected chi connectivity index (χ2v) is 5.03. The fourth-order valence-corrected chi connectivity index (χ4v) is 2.27. The summed E-state index contributed by atoms with van der Waals surface area (Å²) in [5, 5.41) is 0. The molecule has 1 nitrogen and oxygen atoms in total. The molecule has 0 aliphatic carbocycles. The summed E-state index contributed by atoms with van der Waals surface area (Å²) in [5.41, 5.74) is 2.31. The molecule has 2 aromatic rings. The molecule has 110 valence electrons. The van der Waals surface area contributed by atoms with Crippen molar-refractivity contribution in [3.05, 3.63) is 83.7 Å². The molecule has 2 heteroatoms. The summed E-state index contributed by atoms with van der Waals surface area (Å²) < 4.78 is 19.5. The molecule has 0 aliphatic rings. The zero-order valence-corrected chi connectivity index (χ0v) is 12.3. The highest BCUT2D eigenvalue weighted by atomic mass is 19.1. The molecule has 2 rings (SSSR count). The van der Waals surface area contributed by atoms with Crippen LogP contribution in [0.2, 0.25) is 0 Å². The van der Waals surface area contributed by atoms with Gasteiger partial charge >= 0.3 is 0 Å². The van der Waals surface area contributed by atoms with Gasteiger partial charge in [0.05, 0.1) is 0 Å². The van der Waals surface area contributed by atoms with Crippen LogP contribution in [0.25, 0.3) is 0 Å². The average Bonchev–Trinajstić information content (AvgIpc) is 2.55. The molecular weight excluding hydrogens is 263 g/mol. The van der Waals surface area contributed by atoms with Gasteiger partial charge in [-0.15, -0.1) is 0 Å². The van der Waals surface area contributed by atoms with Crippen molar-refractivity contribution in [1.82, 2.24) is 0 Å².